The van der Waals surface area contributed by atoms with Gasteiger partial charge in [0.15, 0.2) is 0 Å². The molecule has 0 unspecified atom stereocenters. The van der Waals surface area contributed by atoms with Crippen LogP contribution >= 0.6 is 0 Å². The highest BCUT2D eigenvalue weighted by Gasteiger charge is 2.41. The number of hydrogen-bond acceptors (Lipinski definition) is 3. The molecule has 0 saturated carbocycles. The fourth-order valence-corrected chi connectivity index (χ4v) is 3.30. The Kier molecular flexibility index (Phi) is 4.91. The third-order valence-corrected chi connectivity index (χ3v) is 4.90. The summed E-state index contributed by atoms with van der Waals surface area (Å²) < 4.78 is 27.8. The molecule has 4 rings (SSSR count). The molecule has 0 spiro atoms. The summed E-state index contributed by atoms with van der Waals surface area (Å²) in [4.78, 5) is 27.2. The number of nitrogens with one attached hydrogen (secondary N) is 1. The zero-order valence-corrected chi connectivity index (χ0v) is 16.4. The van der Waals surface area contributed by atoms with Gasteiger partial charge in [0.2, 0.25) is 0 Å². The maximum Gasteiger partial charge on any atom is 0.282 e. The van der Waals surface area contributed by atoms with Gasteiger partial charge in [-0.05, 0) is 43.7 Å². The van der Waals surface area contributed by atoms with E-state index in [1.54, 1.807) is 24.3 Å². The number of benzene rings is 3. The van der Waals surface area contributed by atoms with Crippen LogP contribution in [-0.2, 0) is 9.59 Å². The Hall–Kier alpha value is -3.80. The maximum atomic E-state index is 14.4. The summed E-state index contributed by atoms with van der Waals surface area (Å²) >= 11 is 0. The average Bonchev–Trinajstić information content (AvgIpc) is 2.95. The maximum absolute atomic E-state index is 14.4. The van der Waals surface area contributed by atoms with Gasteiger partial charge >= 0.3 is 0 Å². The van der Waals surface area contributed by atoms with Gasteiger partial charge in [0, 0.05) is 11.8 Å². The van der Waals surface area contributed by atoms with Gasteiger partial charge in [0.25, 0.3) is 11.8 Å². The van der Waals surface area contributed by atoms with Crippen molar-refractivity contribution in [3.63, 3.8) is 0 Å². The molecule has 150 valence electrons. The molecule has 1 N–H and O–H groups in total. The van der Waals surface area contributed by atoms with Crippen LogP contribution < -0.4 is 10.2 Å². The second kappa shape index (κ2) is 7.55. The first-order valence-corrected chi connectivity index (χ1v) is 9.34. The molecular formula is C24H18F2N2O2. The zero-order valence-electron chi connectivity index (χ0n) is 16.4. The Labute approximate surface area is 172 Å². The number of rotatable bonds is 4. The minimum atomic E-state index is -0.989. The molecule has 0 radical (unpaired) electrons. The van der Waals surface area contributed by atoms with Crippen LogP contribution in [0.5, 0.6) is 0 Å². The Balaban J connectivity index is 1.83. The number of halogens is 2. The largest absolute Gasteiger partial charge is 0.350 e. The number of hydrogen-bond donors (Lipinski definition) is 1. The zero-order chi connectivity index (χ0) is 21.4. The molecule has 0 saturated heterocycles. The van der Waals surface area contributed by atoms with Crippen molar-refractivity contribution in [2.24, 2.45) is 0 Å². The molecular weight excluding hydrogens is 386 g/mol. The third-order valence-electron chi connectivity index (χ3n) is 4.90. The molecule has 1 heterocycles. The second-order valence-corrected chi connectivity index (χ2v) is 7.15. The summed E-state index contributed by atoms with van der Waals surface area (Å²) in [5.41, 5.74) is 3.04. The van der Waals surface area contributed by atoms with Crippen LogP contribution in [0.4, 0.5) is 20.2 Å². The van der Waals surface area contributed by atoms with E-state index in [1.807, 2.05) is 38.1 Å². The van der Waals surface area contributed by atoms with Crippen molar-refractivity contribution < 1.29 is 18.4 Å². The summed E-state index contributed by atoms with van der Waals surface area (Å²) in [6.07, 6.45) is 0. The molecule has 0 aromatic heterocycles. The number of nitrogens with zero attached hydrogens (tertiary/aromatic N) is 1. The number of anilines is 2. The van der Waals surface area contributed by atoms with Crippen molar-refractivity contribution in [3.8, 4) is 0 Å². The van der Waals surface area contributed by atoms with E-state index in [9.17, 15) is 18.4 Å². The predicted octanol–water partition coefficient (Wildman–Crippen LogP) is 4.98. The van der Waals surface area contributed by atoms with Crippen molar-refractivity contribution in [3.05, 3.63) is 101 Å². The van der Waals surface area contributed by atoms with Crippen LogP contribution in [0, 0.1) is 25.5 Å². The molecule has 2 amide bonds. The Bertz CT molecular complexity index is 1180. The van der Waals surface area contributed by atoms with E-state index < -0.39 is 23.4 Å². The number of imide groups is 1. The minimum absolute atomic E-state index is 0.0384. The van der Waals surface area contributed by atoms with Gasteiger partial charge in [0.05, 0.1) is 11.3 Å². The van der Waals surface area contributed by atoms with Crippen LogP contribution in [-0.4, -0.2) is 11.8 Å². The van der Waals surface area contributed by atoms with Crippen LogP contribution in [0.3, 0.4) is 0 Å². The summed E-state index contributed by atoms with van der Waals surface area (Å²) in [5, 5.41) is 3.01. The smallest absolute Gasteiger partial charge is 0.282 e. The molecule has 0 atom stereocenters. The van der Waals surface area contributed by atoms with E-state index in [2.05, 4.69) is 5.32 Å². The quantitative estimate of drug-likeness (QED) is 0.624. The first kappa shape index (κ1) is 19.5. The Morgan fingerprint density at radius 3 is 1.97 bits per heavy atom. The van der Waals surface area contributed by atoms with Gasteiger partial charge in [0.1, 0.15) is 17.3 Å². The molecule has 0 bridgehead atoms. The molecule has 6 heteroatoms. The van der Waals surface area contributed by atoms with Crippen molar-refractivity contribution in [1.29, 1.82) is 0 Å². The standard InChI is InChI=1S/C24H18F2N2O2/c1-14-3-7-16(8-4-14)21-22(27-18-10-5-15(2)6-11-18)24(30)28(23(21)29)20-12-9-17(25)13-19(20)26/h3-13,27H,1-2H3. The molecule has 3 aromatic rings. The molecule has 1 aliphatic rings. The first-order valence-electron chi connectivity index (χ1n) is 9.34. The lowest BCUT2D eigenvalue weighted by Crippen LogP contribution is -2.33. The summed E-state index contributed by atoms with van der Waals surface area (Å²) in [7, 11) is 0. The van der Waals surface area contributed by atoms with Crippen LogP contribution in [0.2, 0.25) is 0 Å². The highest BCUT2D eigenvalue weighted by molar-refractivity contribution is 6.46. The summed E-state index contributed by atoms with van der Waals surface area (Å²) in [6, 6.07) is 17.2. The van der Waals surface area contributed by atoms with Crippen molar-refractivity contribution >= 4 is 28.8 Å². The SMILES string of the molecule is Cc1ccc(NC2=C(c3ccc(C)cc3)C(=O)N(c3ccc(F)cc3F)C2=O)cc1. The number of carbonyl (C=O) groups excluding carboxylic acids is 2. The van der Waals surface area contributed by atoms with Crippen molar-refractivity contribution in [2.45, 2.75) is 13.8 Å². The van der Waals surface area contributed by atoms with E-state index in [0.717, 1.165) is 28.2 Å². The second-order valence-electron chi connectivity index (χ2n) is 7.15. The number of aryl methyl sites for hydroxylation is 2. The van der Waals surface area contributed by atoms with Gasteiger partial charge in [-0.3, -0.25) is 9.59 Å². The van der Waals surface area contributed by atoms with E-state index in [0.29, 0.717) is 17.3 Å². The summed E-state index contributed by atoms with van der Waals surface area (Å²) in [5.74, 6) is -3.16. The van der Waals surface area contributed by atoms with Gasteiger partial charge < -0.3 is 5.32 Å². The first-order chi connectivity index (χ1) is 14.3. The molecule has 30 heavy (non-hydrogen) atoms. The third kappa shape index (κ3) is 3.48. The molecule has 4 nitrogen and oxygen atoms in total. The monoisotopic (exact) mass is 404 g/mol. The highest BCUT2D eigenvalue weighted by atomic mass is 19.1. The van der Waals surface area contributed by atoms with E-state index in [-0.39, 0.29) is 17.0 Å². The van der Waals surface area contributed by atoms with Gasteiger partial charge in [-0.1, -0.05) is 47.5 Å². The Morgan fingerprint density at radius 2 is 1.37 bits per heavy atom. The van der Waals surface area contributed by atoms with E-state index in [4.69, 9.17) is 0 Å². The normalized spacial score (nSPS) is 13.9. The highest BCUT2D eigenvalue weighted by Crippen LogP contribution is 2.35. The average molecular weight is 404 g/mol. The number of carbonyl (C=O) groups is 2. The van der Waals surface area contributed by atoms with Crippen molar-refractivity contribution in [1.82, 2.24) is 0 Å². The molecule has 1 aliphatic heterocycles. The predicted molar refractivity (Wildman–Crippen MR) is 112 cm³/mol. The van der Waals surface area contributed by atoms with E-state index in [1.165, 1.54) is 0 Å². The van der Waals surface area contributed by atoms with Gasteiger partial charge in [-0.15, -0.1) is 0 Å². The van der Waals surface area contributed by atoms with Gasteiger partial charge in [-0.2, -0.15) is 0 Å². The number of amides is 2. The minimum Gasteiger partial charge on any atom is -0.350 e. The van der Waals surface area contributed by atoms with Crippen LogP contribution in [0.15, 0.2) is 72.4 Å². The molecule has 0 fully saturated rings. The lowest BCUT2D eigenvalue weighted by molar-refractivity contribution is -0.120. The lowest BCUT2D eigenvalue weighted by Gasteiger charge is -2.16. The van der Waals surface area contributed by atoms with Crippen LogP contribution in [0.25, 0.3) is 5.57 Å². The molecule has 0 aliphatic carbocycles. The summed E-state index contributed by atoms with van der Waals surface area (Å²) in [6.45, 7) is 3.84. The van der Waals surface area contributed by atoms with Crippen molar-refractivity contribution in [2.75, 3.05) is 10.2 Å². The lowest BCUT2D eigenvalue weighted by atomic mass is 10.0. The Morgan fingerprint density at radius 1 is 0.767 bits per heavy atom. The fourth-order valence-electron chi connectivity index (χ4n) is 3.30. The topological polar surface area (TPSA) is 49.4 Å². The fraction of sp³-hybridized carbons (Fsp3) is 0.0833. The molecule has 3 aromatic carbocycles. The van der Waals surface area contributed by atoms with Crippen LogP contribution in [0.1, 0.15) is 16.7 Å². The van der Waals surface area contributed by atoms with E-state index >= 15 is 0 Å². The van der Waals surface area contributed by atoms with Gasteiger partial charge in [-0.25, -0.2) is 13.7 Å².